The first-order valence-corrected chi connectivity index (χ1v) is 7.11. The van der Waals surface area contributed by atoms with Gasteiger partial charge in [0.05, 0.1) is 20.1 Å². The van der Waals surface area contributed by atoms with E-state index in [0.29, 0.717) is 31.1 Å². The number of nitrogens with two attached hydrogens (primary N) is 1. The van der Waals surface area contributed by atoms with Crippen molar-refractivity contribution in [3.8, 4) is 0 Å². The number of nitrogens with zero attached hydrogens (tertiary/aromatic N) is 1. The molecule has 0 radical (unpaired) electrons. The number of rotatable bonds is 8. The molecule has 0 fully saturated rings. The number of benzene rings is 1. The van der Waals surface area contributed by atoms with E-state index in [1.54, 1.807) is 7.11 Å². The van der Waals surface area contributed by atoms with E-state index in [2.05, 4.69) is 0 Å². The van der Waals surface area contributed by atoms with Gasteiger partial charge in [-0.25, -0.2) is 0 Å². The zero-order chi connectivity index (χ0) is 15.8. The van der Waals surface area contributed by atoms with Crippen LogP contribution >= 0.6 is 12.2 Å². The van der Waals surface area contributed by atoms with Crippen LogP contribution in [0.3, 0.4) is 0 Å². The summed E-state index contributed by atoms with van der Waals surface area (Å²) >= 11 is 5.13. The molecule has 1 aromatic rings. The van der Waals surface area contributed by atoms with Crippen molar-refractivity contribution in [3.63, 3.8) is 0 Å². The van der Waals surface area contributed by atoms with Crippen molar-refractivity contribution in [1.82, 2.24) is 0 Å². The molecule has 0 unspecified atom stereocenters. The Labute approximate surface area is 131 Å². The Balaban J connectivity index is 3.01. The highest BCUT2D eigenvalue weighted by Gasteiger charge is 2.14. The number of anilines is 1. The van der Waals surface area contributed by atoms with Gasteiger partial charge in [0, 0.05) is 31.5 Å². The molecule has 1 rings (SSSR count). The zero-order valence-electron chi connectivity index (χ0n) is 12.7. The molecule has 0 spiro atoms. The molecule has 0 bridgehead atoms. The molecule has 0 aromatic heterocycles. The first kappa shape index (κ1) is 17.4. The van der Waals surface area contributed by atoms with E-state index in [0.717, 1.165) is 16.8 Å². The molecule has 0 amide bonds. The number of esters is 1. The standard InChI is InChI=1S/C15H22N2O3S/c1-11-4-5-13(12(10-11)15(16)21)17(8-9-19-2)7-6-14(18)20-3/h4-5,10H,6-9H2,1-3H3,(H2,16,21). The van der Waals surface area contributed by atoms with E-state index in [9.17, 15) is 4.79 Å². The highest BCUT2D eigenvalue weighted by Crippen LogP contribution is 2.22. The lowest BCUT2D eigenvalue weighted by Crippen LogP contribution is -2.32. The van der Waals surface area contributed by atoms with E-state index in [4.69, 9.17) is 27.4 Å². The summed E-state index contributed by atoms with van der Waals surface area (Å²) in [5.74, 6) is -0.249. The highest BCUT2D eigenvalue weighted by atomic mass is 32.1. The molecule has 1 aromatic carbocycles. The van der Waals surface area contributed by atoms with Gasteiger partial charge in [-0.15, -0.1) is 0 Å². The number of aryl methyl sites for hydroxylation is 1. The molecule has 0 saturated carbocycles. The minimum atomic E-state index is -0.249. The van der Waals surface area contributed by atoms with Gasteiger partial charge in [0.15, 0.2) is 0 Å². The third kappa shape index (κ3) is 5.32. The second-order valence-corrected chi connectivity index (χ2v) is 5.13. The molecule has 0 heterocycles. The van der Waals surface area contributed by atoms with Gasteiger partial charge >= 0.3 is 5.97 Å². The van der Waals surface area contributed by atoms with E-state index >= 15 is 0 Å². The van der Waals surface area contributed by atoms with E-state index in [-0.39, 0.29) is 5.97 Å². The summed E-state index contributed by atoms with van der Waals surface area (Å²) in [6.07, 6.45) is 0.296. The first-order valence-electron chi connectivity index (χ1n) is 6.70. The third-order valence-electron chi connectivity index (χ3n) is 3.14. The van der Waals surface area contributed by atoms with Crippen molar-refractivity contribution in [2.75, 3.05) is 38.8 Å². The van der Waals surface area contributed by atoms with E-state index < -0.39 is 0 Å². The largest absolute Gasteiger partial charge is 0.469 e. The predicted molar refractivity (Wildman–Crippen MR) is 87.8 cm³/mol. The smallest absolute Gasteiger partial charge is 0.307 e. The van der Waals surface area contributed by atoms with Crippen LogP contribution in [0.4, 0.5) is 5.69 Å². The minimum absolute atomic E-state index is 0.249. The number of hydrogen-bond donors (Lipinski definition) is 1. The van der Waals surface area contributed by atoms with Crippen molar-refractivity contribution < 1.29 is 14.3 Å². The van der Waals surface area contributed by atoms with Crippen molar-refractivity contribution in [1.29, 1.82) is 0 Å². The number of carbonyl (C=O) groups is 1. The lowest BCUT2D eigenvalue weighted by atomic mass is 10.1. The SMILES string of the molecule is COCCN(CCC(=O)OC)c1ccc(C)cc1C(N)=S. The number of methoxy groups -OCH3 is 2. The Morgan fingerprint density at radius 2 is 2.05 bits per heavy atom. The van der Waals surface area contributed by atoms with Crippen molar-refractivity contribution in [3.05, 3.63) is 29.3 Å². The van der Waals surface area contributed by atoms with Crippen molar-refractivity contribution in [2.24, 2.45) is 5.73 Å². The van der Waals surface area contributed by atoms with Crippen LogP contribution in [0.2, 0.25) is 0 Å². The number of thiocarbonyl (C=S) groups is 1. The van der Waals surface area contributed by atoms with Crippen LogP contribution in [0.15, 0.2) is 18.2 Å². The first-order chi connectivity index (χ1) is 9.99. The van der Waals surface area contributed by atoms with Gasteiger partial charge in [-0.05, 0) is 19.1 Å². The zero-order valence-corrected chi connectivity index (χ0v) is 13.5. The van der Waals surface area contributed by atoms with Crippen LogP contribution in [-0.2, 0) is 14.3 Å². The summed E-state index contributed by atoms with van der Waals surface area (Å²) in [6, 6.07) is 5.92. The summed E-state index contributed by atoms with van der Waals surface area (Å²) in [6.45, 7) is 3.70. The predicted octanol–water partition coefficient (Wildman–Crippen LogP) is 1.65. The number of carbonyl (C=O) groups excluding carboxylic acids is 1. The van der Waals surface area contributed by atoms with Gasteiger partial charge in [0.25, 0.3) is 0 Å². The molecular weight excluding hydrogens is 288 g/mol. The minimum Gasteiger partial charge on any atom is -0.469 e. The van der Waals surface area contributed by atoms with Gasteiger partial charge in [0.2, 0.25) is 0 Å². The van der Waals surface area contributed by atoms with Gasteiger partial charge in [-0.1, -0.05) is 23.8 Å². The molecule has 0 saturated heterocycles. The maximum atomic E-state index is 11.4. The fourth-order valence-corrected chi connectivity index (χ4v) is 2.17. The van der Waals surface area contributed by atoms with Crippen molar-refractivity contribution in [2.45, 2.75) is 13.3 Å². The maximum absolute atomic E-state index is 11.4. The van der Waals surface area contributed by atoms with E-state index in [1.165, 1.54) is 7.11 Å². The molecule has 0 atom stereocenters. The molecule has 0 aliphatic heterocycles. The Kier molecular flexibility index (Phi) is 7.11. The molecule has 6 heteroatoms. The molecule has 5 nitrogen and oxygen atoms in total. The van der Waals surface area contributed by atoms with Crippen LogP contribution in [-0.4, -0.2) is 44.9 Å². The summed E-state index contributed by atoms with van der Waals surface area (Å²) < 4.78 is 9.82. The molecule has 21 heavy (non-hydrogen) atoms. The summed E-state index contributed by atoms with van der Waals surface area (Å²) in [5, 5.41) is 0. The normalized spacial score (nSPS) is 10.2. The molecule has 2 N–H and O–H groups in total. The summed E-state index contributed by atoms with van der Waals surface area (Å²) in [4.78, 5) is 13.7. The van der Waals surface area contributed by atoms with Gasteiger partial charge in [-0.2, -0.15) is 0 Å². The summed E-state index contributed by atoms with van der Waals surface area (Å²) in [7, 11) is 3.02. The molecular formula is C15H22N2O3S. The lowest BCUT2D eigenvalue weighted by molar-refractivity contribution is -0.140. The molecule has 0 aliphatic rings. The fraction of sp³-hybridized carbons (Fsp3) is 0.467. The third-order valence-corrected chi connectivity index (χ3v) is 3.36. The number of ether oxygens (including phenoxy) is 2. The average molecular weight is 310 g/mol. The molecule has 0 aliphatic carbocycles. The average Bonchev–Trinajstić information content (AvgIpc) is 2.47. The van der Waals surface area contributed by atoms with E-state index in [1.807, 2.05) is 30.0 Å². The lowest BCUT2D eigenvalue weighted by Gasteiger charge is -2.26. The topological polar surface area (TPSA) is 64.8 Å². The Bertz CT molecular complexity index is 506. The summed E-state index contributed by atoms with van der Waals surface area (Å²) in [5.41, 5.74) is 8.62. The Hall–Kier alpha value is -1.66. The monoisotopic (exact) mass is 310 g/mol. The van der Waals surface area contributed by atoms with Gasteiger partial charge in [-0.3, -0.25) is 4.79 Å². The van der Waals surface area contributed by atoms with Crippen molar-refractivity contribution >= 4 is 28.9 Å². The highest BCUT2D eigenvalue weighted by molar-refractivity contribution is 7.80. The number of hydrogen-bond acceptors (Lipinski definition) is 5. The molecule has 116 valence electrons. The van der Waals surface area contributed by atoms with Crippen LogP contribution < -0.4 is 10.6 Å². The van der Waals surface area contributed by atoms with Crippen LogP contribution in [0.5, 0.6) is 0 Å². The second kappa shape index (κ2) is 8.59. The maximum Gasteiger partial charge on any atom is 0.307 e. The Morgan fingerprint density at radius 3 is 2.62 bits per heavy atom. The fourth-order valence-electron chi connectivity index (χ4n) is 2.01. The second-order valence-electron chi connectivity index (χ2n) is 4.69. The van der Waals surface area contributed by atoms with Crippen LogP contribution in [0.25, 0.3) is 0 Å². The van der Waals surface area contributed by atoms with Gasteiger partial charge < -0.3 is 20.1 Å². The van der Waals surface area contributed by atoms with Crippen LogP contribution in [0.1, 0.15) is 17.5 Å². The van der Waals surface area contributed by atoms with Crippen LogP contribution in [0, 0.1) is 6.92 Å². The van der Waals surface area contributed by atoms with Gasteiger partial charge in [0.1, 0.15) is 4.99 Å². The Morgan fingerprint density at radius 1 is 1.33 bits per heavy atom. The quantitative estimate of drug-likeness (QED) is 0.582.